The lowest BCUT2D eigenvalue weighted by atomic mass is 9.98. The van der Waals surface area contributed by atoms with E-state index in [9.17, 15) is 9.59 Å². The summed E-state index contributed by atoms with van der Waals surface area (Å²) in [6.07, 6.45) is 10.5. The van der Waals surface area contributed by atoms with Crippen molar-refractivity contribution >= 4 is 23.1 Å². The number of aromatic nitrogens is 4. The summed E-state index contributed by atoms with van der Waals surface area (Å²) in [6.45, 7) is 3.23. The van der Waals surface area contributed by atoms with Gasteiger partial charge in [-0.3, -0.25) is 14.5 Å². The zero-order valence-corrected chi connectivity index (χ0v) is 27.0. The van der Waals surface area contributed by atoms with Crippen molar-refractivity contribution in [3.8, 4) is 33.6 Å². The number of fused-ring (bicyclic) bond motifs is 3. The van der Waals surface area contributed by atoms with Gasteiger partial charge >= 0.3 is 0 Å². The highest BCUT2D eigenvalue weighted by Gasteiger charge is 2.45. The number of likely N-dealkylation sites (tertiary alicyclic amines) is 1. The standard InChI is InChI=1S/C38H41N7O2/c1-38(13-14-38)22-45(35(47)20-39-23-46)21-34-40-18-33(42-34)29-10-9-27-15-26(7-8-28(27)16-29)24-3-5-25(6-4-24)32-19-41-37(43-32)36-30-11-12-31(17-30)44(36)2/h3-10,15-16,18-19,23,30-31,36H,11-14,17,20-22H2,1-2H3,(H,39,46)(H,40,42)(H,41,43)/t30-,31+,36-/m0/s1. The van der Waals surface area contributed by atoms with Gasteiger partial charge in [0.25, 0.3) is 0 Å². The molecule has 2 bridgehead atoms. The van der Waals surface area contributed by atoms with E-state index in [4.69, 9.17) is 4.98 Å². The molecule has 2 saturated carbocycles. The van der Waals surface area contributed by atoms with Crippen molar-refractivity contribution in [3.63, 3.8) is 0 Å². The maximum Gasteiger partial charge on any atom is 0.242 e. The van der Waals surface area contributed by atoms with E-state index in [1.165, 1.54) is 35.8 Å². The third-order valence-electron chi connectivity index (χ3n) is 10.8. The largest absolute Gasteiger partial charge is 0.350 e. The summed E-state index contributed by atoms with van der Waals surface area (Å²) in [5.41, 5.74) is 6.67. The van der Waals surface area contributed by atoms with Crippen LogP contribution in [0, 0.1) is 11.3 Å². The molecule has 0 spiro atoms. The predicted octanol–water partition coefficient (Wildman–Crippen LogP) is 6.32. The first-order valence-electron chi connectivity index (χ1n) is 16.8. The minimum absolute atomic E-state index is 0.00586. The monoisotopic (exact) mass is 627 g/mol. The fourth-order valence-electron chi connectivity index (χ4n) is 7.77. The van der Waals surface area contributed by atoms with Crippen molar-refractivity contribution in [3.05, 3.63) is 84.7 Å². The molecule has 3 aliphatic rings. The number of piperidine rings is 1. The van der Waals surface area contributed by atoms with E-state index in [0.717, 1.165) is 58.3 Å². The van der Waals surface area contributed by atoms with Crippen LogP contribution in [0.5, 0.6) is 0 Å². The predicted molar refractivity (Wildman–Crippen MR) is 183 cm³/mol. The summed E-state index contributed by atoms with van der Waals surface area (Å²) in [6, 6.07) is 22.9. The molecule has 240 valence electrons. The van der Waals surface area contributed by atoms with Gasteiger partial charge in [0.15, 0.2) is 0 Å². The van der Waals surface area contributed by atoms with Crippen molar-refractivity contribution in [1.29, 1.82) is 0 Å². The lowest BCUT2D eigenvalue weighted by molar-refractivity contribution is -0.132. The first-order chi connectivity index (χ1) is 22.9. The quantitative estimate of drug-likeness (QED) is 0.149. The number of nitrogens with one attached hydrogen (secondary N) is 3. The SMILES string of the molecule is CN1[C@@H]2CC[C@@H](C2)[C@H]1c1ncc(-c2ccc(-c3ccc4cc(-c5cnc(CN(CC6(C)CC6)C(=O)CNC=O)[nH]5)ccc4c3)cc2)[nH]1. The number of imidazole rings is 2. The smallest absolute Gasteiger partial charge is 0.242 e. The summed E-state index contributed by atoms with van der Waals surface area (Å²) in [7, 11) is 2.25. The molecule has 47 heavy (non-hydrogen) atoms. The van der Waals surface area contributed by atoms with Crippen molar-refractivity contribution < 1.29 is 9.59 Å². The normalized spacial score (nSPS) is 21.3. The van der Waals surface area contributed by atoms with Crippen LogP contribution in [0.3, 0.4) is 0 Å². The van der Waals surface area contributed by atoms with Gasteiger partial charge in [0, 0.05) is 18.2 Å². The van der Waals surface area contributed by atoms with Gasteiger partial charge in [-0.15, -0.1) is 0 Å². The van der Waals surface area contributed by atoms with Crippen LogP contribution in [0.4, 0.5) is 0 Å². The van der Waals surface area contributed by atoms with E-state index < -0.39 is 0 Å². The number of nitrogens with zero attached hydrogens (tertiary/aromatic N) is 4. The molecule has 1 saturated heterocycles. The van der Waals surface area contributed by atoms with Crippen LogP contribution in [0.15, 0.2) is 73.1 Å². The summed E-state index contributed by atoms with van der Waals surface area (Å²) in [5, 5.41) is 4.81. The van der Waals surface area contributed by atoms with Gasteiger partial charge in [0.2, 0.25) is 12.3 Å². The highest BCUT2D eigenvalue weighted by Crippen LogP contribution is 2.48. The maximum absolute atomic E-state index is 12.8. The number of hydrogen-bond acceptors (Lipinski definition) is 5. The fourth-order valence-corrected chi connectivity index (χ4v) is 7.77. The van der Waals surface area contributed by atoms with E-state index >= 15 is 0 Å². The van der Waals surface area contributed by atoms with Crippen molar-refractivity contribution in [1.82, 2.24) is 35.1 Å². The molecule has 2 aromatic heterocycles. The van der Waals surface area contributed by atoms with Gasteiger partial charge in [-0.2, -0.15) is 0 Å². The van der Waals surface area contributed by atoms with E-state index in [-0.39, 0.29) is 17.9 Å². The first-order valence-corrected chi connectivity index (χ1v) is 16.8. The number of amides is 2. The van der Waals surface area contributed by atoms with Gasteiger partial charge in [0.1, 0.15) is 11.6 Å². The fraction of sp³-hybridized carbons (Fsp3) is 0.368. The molecule has 1 aliphatic heterocycles. The van der Waals surface area contributed by atoms with Crippen LogP contribution >= 0.6 is 0 Å². The number of hydrogen-bond donors (Lipinski definition) is 3. The van der Waals surface area contributed by atoms with E-state index in [2.05, 4.69) is 99.8 Å². The van der Waals surface area contributed by atoms with Crippen LogP contribution in [-0.2, 0) is 16.1 Å². The second kappa shape index (κ2) is 11.8. The minimum atomic E-state index is -0.103. The van der Waals surface area contributed by atoms with Gasteiger partial charge in [0.05, 0.1) is 42.9 Å². The van der Waals surface area contributed by atoms with Crippen LogP contribution in [0.25, 0.3) is 44.4 Å². The molecule has 2 aliphatic carbocycles. The molecule has 2 amide bonds. The molecule has 0 unspecified atom stereocenters. The second-order valence-corrected chi connectivity index (χ2v) is 14.2. The lowest BCUT2D eigenvalue weighted by Gasteiger charge is -2.30. The Labute approximate surface area is 274 Å². The van der Waals surface area contributed by atoms with Crippen molar-refractivity contribution in [2.24, 2.45) is 11.3 Å². The Morgan fingerprint density at radius 2 is 1.62 bits per heavy atom. The van der Waals surface area contributed by atoms with Crippen LogP contribution in [0.2, 0.25) is 0 Å². The number of benzene rings is 3. The number of carbonyl (C=O) groups excluding carboxylic acids is 2. The Balaban J connectivity index is 0.958. The molecule has 9 nitrogen and oxygen atoms in total. The molecule has 3 atom stereocenters. The molecule has 3 N–H and O–H groups in total. The van der Waals surface area contributed by atoms with Crippen LogP contribution in [-0.4, -0.2) is 68.2 Å². The van der Waals surface area contributed by atoms with Crippen LogP contribution in [0.1, 0.15) is 56.7 Å². The number of H-pyrrole nitrogens is 2. The minimum Gasteiger partial charge on any atom is -0.350 e. The molecular formula is C38H41N7O2. The highest BCUT2D eigenvalue weighted by atomic mass is 16.2. The summed E-state index contributed by atoms with van der Waals surface area (Å²) < 4.78 is 0. The van der Waals surface area contributed by atoms with Crippen LogP contribution < -0.4 is 5.32 Å². The summed E-state index contributed by atoms with van der Waals surface area (Å²) in [5.74, 6) is 2.45. The summed E-state index contributed by atoms with van der Waals surface area (Å²) in [4.78, 5) is 44.3. The maximum atomic E-state index is 12.8. The van der Waals surface area contributed by atoms with Gasteiger partial charge in [-0.25, -0.2) is 9.97 Å². The Kier molecular flexibility index (Phi) is 7.44. The molecule has 9 heteroatoms. The average Bonchev–Trinajstić information content (AvgIpc) is 3.62. The molecule has 8 rings (SSSR count). The van der Waals surface area contributed by atoms with Crippen molar-refractivity contribution in [2.45, 2.75) is 57.7 Å². The molecular weight excluding hydrogens is 586 g/mol. The Morgan fingerprint density at radius 3 is 2.34 bits per heavy atom. The molecule has 3 aromatic carbocycles. The number of aromatic amines is 2. The average molecular weight is 628 g/mol. The zero-order valence-electron chi connectivity index (χ0n) is 27.0. The number of carbonyl (C=O) groups is 2. The molecule has 5 aromatic rings. The third-order valence-corrected chi connectivity index (χ3v) is 10.8. The Bertz CT molecular complexity index is 1940. The van der Waals surface area contributed by atoms with E-state index in [1.54, 1.807) is 4.90 Å². The molecule has 3 fully saturated rings. The summed E-state index contributed by atoms with van der Waals surface area (Å²) >= 11 is 0. The Hall–Kier alpha value is -4.76. The van der Waals surface area contributed by atoms with Gasteiger partial charge in [-0.05, 0) is 90.1 Å². The lowest BCUT2D eigenvalue weighted by Crippen LogP contribution is -2.40. The number of rotatable bonds is 11. The van der Waals surface area contributed by atoms with Gasteiger partial charge in [-0.1, -0.05) is 55.5 Å². The topological polar surface area (TPSA) is 110 Å². The van der Waals surface area contributed by atoms with E-state index in [1.807, 2.05) is 12.4 Å². The van der Waals surface area contributed by atoms with Crippen molar-refractivity contribution in [2.75, 3.05) is 20.1 Å². The van der Waals surface area contributed by atoms with E-state index in [0.29, 0.717) is 31.6 Å². The second-order valence-electron chi connectivity index (χ2n) is 14.2. The highest BCUT2D eigenvalue weighted by molar-refractivity contribution is 5.90. The third kappa shape index (κ3) is 5.84. The molecule has 0 radical (unpaired) electrons. The molecule has 3 heterocycles. The first kappa shape index (κ1) is 29.6. The zero-order chi connectivity index (χ0) is 32.1. The van der Waals surface area contributed by atoms with Gasteiger partial charge < -0.3 is 20.2 Å². The Morgan fingerprint density at radius 1 is 0.936 bits per heavy atom.